The van der Waals surface area contributed by atoms with E-state index in [-0.39, 0.29) is 85.3 Å². The minimum Gasteiger partial charge on any atom is -0.507 e. The van der Waals surface area contributed by atoms with E-state index >= 15 is 0 Å². The molecule has 0 radical (unpaired) electrons. The number of carboxylic acids is 6. The third-order valence-electron chi connectivity index (χ3n) is 17.2. The van der Waals surface area contributed by atoms with Crippen LogP contribution in [-0.4, -0.2) is 275 Å². The fourth-order valence-corrected chi connectivity index (χ4v) is 14.6. The average molecular weight is 1860 g/mol. The van der Waals surface area contributed by atoms with Crippen molar-refractivity contribution in [2.45, 2.75) is 82.6 Å². The first-order valence-corrected chi connectivity index (χ1v) is 43.9. The topological polar surface area (TPSA) is 577 Å². The number of nitro groups is 1. The first-order chi connectivity index (χ1) is 60.9. The van der Waals surface area contributed by atoms with Crippen molar-refractivity contribution in [1.82, 2.24) is 101 Å². The van der Waals surface area contributed by atoms with Gasteiger partial charge in [0.2, 0.25) is 30.9 Å². The Balaban J connectivity index is 0.000000172. The van der Waals surface area contributed by atoms with Crippen LogP contribution in [0.5, 0.6) is 17.2 Å². The summed E-state index contributed by atoms with van der Waals surface area (Å²) in [5.74, 6) is -4.59. The highest BCUT2D eigenvalue weighted by atomic mass is 32.2. The molecule has 2 aliphatic heterocycles. The van der Waals surface area contributed by atoms with E-state index in [0.29, 0.717) is 66.3 Å². The molecule has 14 rings (SSSR count). The lowest BCUT2D eigenvalue weighted by Gasteiger charge is -2.29. The molecule has 0 bridgehead atoms. The molecule has 12 aromatic rings. The van der Waals surface area contributed by atoms with Gasteiger partial charge in [-0.2, -0.15) is 0 Å². The summed E-state index contributed by atoms with van der Waals surface area (Å²) in [6.45, 7) is 10.6. The number of benzene rings is 6. The number of carboxylic acid groups (broad SMARTS) is 6. The number of anilines is 2. The minimum atomic E-state index is -1.04. The van der Waals surface area contributed by atoms with Gasteiger partial charge in [-0.25, -0.2) is 38.7 Å². The zero-order valence-electron chi connectivity index (χ0n) is 68.7. The fourth-order valence-electron chi connectivity index (χ4n) is 11.5. The molecule has 0 aliphatic carbocycles. The van der Waals surface area contributed by atoms with Gasteiger partial charge in [-0.3, -0.25) is 69.5 Å². The number of nitro benzene ring substituents is 1. The second-order valence-corrected chi connectivity index (χ2v) is 32.9. The van der Waals surface area contributed by atoms with Crippen molar-refractivity contribution in [3.8, 4) is 85.6 Å². The van der Waals surface area contributed by atoms with E-state index in [1.54, 1.807) is 43.3 Å². The summed E-state index contributed by atoms with van der Waals surface area (Å²) in [7, 11) is 8.91. The zero-order chi connectivity index (χ0) is 91.6. The molecule has 48 heteroatoms. The molecule has 2 fully saturated rings. The van der Waals surface area contributed by atoms with Crippen molar-refractivity contribution >= 4 is 130 Å². The van der Waals surface area contributed by atoms with E-state index in [0.717, 1.165) is 156 Å². The van der Waals surface area contributed by atoms with Crippen molar-refractivity contribution in [1.29, 1.82) is 0 Å². The Labute approximate surface area is 748 Å². The summed E-state index contributed by atoms with van der Waals surface area (Å²) in [6, 6.07) is 34.3. The number of ether oxygens (including phenoxy) is 2. The van der Waals surface area contributed by atoms with Crippen LogP contribution in [0, 0.1) is 28.7 Å². The Morgan fingerprint density at radius 1 is 0.528 bits per heavy atom. The van der Waals surface area contributed by atoms with Crippen LogP contribution in [0.2, 0.25) is 0 Å². The Morgan fingerprint density at radius 3 is 1.37 bits per heavy atom. The van der Waals surface area contributed by atoms with Crippen molar-refractivity contribution in [2.24, 2.45) is 0 Å². The van der Waals surface area contributed by atoms with Crippen LogP contribution in [-0.2, 0) is 35.3 Å². The van der Waals surface area contributed by atoms with Gasteiger partial charge in [0.25, 0.3) is 5.69 Å². The summed E-state index contributed by atoms with van der Waals surface area (Å²) in [4.78, 5) is 105. The zero-order valence-corrected chi connectivity index (χ0v) is 73.6. The summed E-state index contributed by atoms with van der Waals surface area (Å²) < 4.78 is 38.3. The van der Waals surface area contributed by atoms with Gasteiger partial charge in [-0.1, -0.05) is 120 Å². The fraction of sp³-hybridized carbons (Fsp3) is 0.291. The number of aliphatic carboxylic acids is 6. The number of hydrogen-bond acceptors (Lipinski definition) is 33. The van der Waals surface area contributed by atoms with Crippen LogP contribution in [0.15, 0.2) is 153 Å². The Hall–Kier alpha value is -13.0. The van der Waals surface area contributed by atoms with Gasteiger partial charge < -0.3 is 65.2 Å². The molecule has 0 saturated carbocycles. The second-order valence-electron chi connectivity index (χ2n) is 27.3. The smallest absolute Gasteiger partial charge is 0.313 e. The molecule has 8 heterocycles. The van der Waals surface area contributed by atoms with Crippen LogP contribution in [0.1, 0.15) is 48.8 Å². The number of aryl methyl sites for hydroxylation is 1. The monoisotopic (exact) mass is 1860 g/mol. The van der Waals surface area contributed by atoms with Crippen LogP contribution in [0.25, 0.3) is 74.4 Å². The van der Waals surface area contributed by atoms with Gasteiger partial charge in [0.05, 0.1) is 63.2 Å². The normalized spacial score (nSPS) is 12.2. The Kier molecular flexibility index (Phi) is 37.8. The number of rotatable bonds is 33. The van der Waals surface area contributed by atoms with Crippen LogP contribution < -0.4 is 24.6 Å². The molecule has 670 valence electrons. The van der Waals surface area contributed by atoms with Gasteiger partial charge in [0.1, 0.15) is 35.0 Å². The number of methoxy groups -OCH3 is 1. The van der Waals surface area contributed by atoms with Crippen LogP contribution in [0.3, 0.4) is 0 Å². The van der Waals surface area contributed by atoms with Gasteiger partial charge in [-0.15, -0.1) is 30.6 Å². The second kappa shape index (κ2) is 49.0. The first-order valence-electron chi connectivity index (χ1n) is 38.0. The first kappa shape index (κ1) is 97.8. The maximum atomic E-state index is 13.8. The lowest BCUT2D eigenvalue weighted by atomic mass is 10.0. The number of halogens is 2. The SMILES string of the molecule is C=Cc1cc(C)cc(-c2nc(SCC(=O)O)n[nH]2)c1O.CN(C)Cc1ccc(-c2nc(SCC(=O)O)n[nH]2)cc1.CN(C)c1ccc(-c2nc(SCC(=O)O)n[nH]2)c([N+](=O)[O-])c1.COc1cc(F)c(-c2nc(SCC(=O)O)n[nH]2)c(F)c1.O=C(O)CSc1n[nH]c(-c2ccc(OC3CCNCC3)cc2)n1.O=C(O)CSc1n[nH]c(-c2cccc(N3CCCCC3)c2)n1. The van der Waals surface area contributed by atoms with Crippen molar-refractivity contribution in [3.63, 3.8) is 0 Å². The Morgan fingerprint density at radius 2 is 0.945 bits per heavy atom. The number of nitrogens with zero attached hydrogens (tertiary/aromatic N) is 16. The van der Waals surface area contributed by atoms with Crippen molar-refractivity contribution in [3.05, 3.63) is 160 Å². The molecule has 0 spiro atoms. The summed E-state index contributed by atoms with van der Waals surface area (Å²) >= 11 is 6.08. The average Bonchev–Trinajstić information content (AvgIpc) is 1.77. The maximum absolute atomic E-state index is 13.8. The minimum absolute atomic E-state index is 0.0366. The number of hydrogen-bond donors (Lipinski definition) is 14. The number of aromatic amines is 6. The molecular weight excluding hydrogens is 1770 g/mol. The molecule has 127 heavy (non-hydrogen) atoms. The van der Waals surface area contributed by atoms with E-state index in [4.69, 9.17) is 40.1 Å². The molecule has 0 atom stereocenters. The number of thioether (sulfide) groups is 6. The van der Waals surface area contributed by atoms with Gasteiger partial charge in [0, 0.05) is 85.6 Å². The summed E-state index contributed by atoms with van der Waals surface area (Å²) in [6.07, 6.45) is 7.66. The highest BCUT2D eigenvalue weighted by Crippen LogP contribution is 2.36. The number of aromatic hydroxyl groups is 1. The van der Waals surface area contributed by atoms with Gasteiger partial charge in [0.15, 0.2) is 34.9 Å². The van der Waals surface area contributed by atoms with Gasteiger partial charge >= 0.3 is 35.8 Å². The lowest BCUT2D eigenvalue weighted by molar-refractivity contribution is -0.384. The number of nitrogens with one attached hydrogen (secondary N) is 7. The van der Waals surface area contributed by atoms with Gasteiger partial charge in [-0.05, 0) is 138 Å². The molecule has 0 unspecified atom stereocenters. The quantitative estimate of drug-likeness (QED) is 0.0103. The summed E-state index contributed by atoms with van der Waals surface area (Å²) in [5.41, 5.74) is 7.79. The number of phenolic OH excluding ortho intramolecular Hbond substituents is 1. The number of carbonyl (C=O) groups is 6. The molecule has 6 aromatic carbocycles. The van der Waals surface area contributed by atoms with Crippen LogP contribution in [0.4, 0.5) is 25.8 Å². The van der Waals surface area contributed by atoms with E-state index < -0.39 is 52.4 Å². The summed E-state index contributed by atoms with van der Waals surface area (Å²) in [5, 5.41) is 118. The largest absolute Gasteiger partial charge is 0.507 e. The predicted molar refractivity (Wildman–Crippen MR) is 475 cm³/mol. The molecule has 14 N–H and O–H groups in total. The van der Waals surface area contributed by atoms with E-state index in [1.165, 1.54) is 43.7 Å². The lowest BCUT2D eigenvalue weighted by Crippen LogP contribution is -2.34. The van der Waals surface area contributed by atoms with Crippen molar-refractivity contribution in [2.75, 3.05) is 106 Å². The number of aromatic nitrogens is 18. The Bertz CT molecular complexity index is 5670. The number of phenols is 1. The standard InChI is InChI=1S/C15H18N4O3S.C15H18N4O2S.C13H16N4O2S.C13H13N3O3S.C12H13N5O4S.C11H9F2N3O3S/c20-13(21)9-23-15-17-14(18-19-15)10-1-3-11(4-2-10)22-12-5-7-16-8-6-12;20-13(21)10-22-15-16-14(17-18-15)11-5-4-6-12(9-11)19-7-2-1-3-8-19;1-17(2)7-9-3-5-10(6-4-9)12-14-13(16-15-12)20-8-11(18)19;1-3-8-4-7(2)5-9(11(8)19)12-14-13(16-15-12)20-6-10(17)18;1-16(2)7-3-4-8(9(5-7)17(20)21)11-13-12(15-14-11)22-6-10(18)19;1-19-5-2-6(12)9(7(13)3-5)10-14-11(16-15-10)20-4-8(17)18/h1-4,12,16H,5-9H2,(H,20,21)(H,17,18,19);4-6,9H,1-3,7-8,10H2,(H,20,21)(H,16,17,18);3-6H,7-8H2,1-2H3,(H,18,19)(H,14,15,16);3-5,19H,1,6H2,2H3,(H,17,18)(H,14,15,16);3-5H,6H2,1-2H3,(H,18,19)(H,13,14,15);2-3H,4H2,1H3,(H,17,18)(H,14,15,16). The molecular formula is C79H87F2N23O17S6. The molecule has 40 nitrogen and oxygen atoms in total. The molecule has 2 aliphatic rings. The predicted octanol–water partition coefficient (Wildman–Crippen LogP) is 12.0. The van der Waals surface area contributed by atoms with E-state index in [1.807, 2.05) is 87.7 Å². The van der Waals surface area contributed by atoms with E-state index in [2.05, 4.69) is 125 Å². The van der Waals surface area contributed by atoms with Crippen molar-refractivity contribution < 1.29 is 87.7 Å². The number of H-pyrrole nitrogens is 6. The molecule has 2 saturated heterocycles. The third-order valence-corrected chi connectivity index (χ3v) is 22.2. The highest BCUT2D eigenvalue weighted by molar-refractivity contribution is 8.00. The third kappa shape index (κ3) is 31.6. The highest BCUT2D eigenvalue weighted by Gasteiger charge is 2.24. The maximum Gasteiger partial charge on any atom is 0.313 e. The van der Waals surface area contributed by atoms with E-state index in [9.17, 15) is 52.8 Å². The molecule has 0 amide bonds. The molecule has 6 aromatic heterocycles. The van der Waals surface area contributed by atoms with Crippen LogP contribution >= 0.6 is 70.6 Å². The number of piperidine rings is 2.